The zero-order valence-corrected chi connectivity index (χ0v) is 21.2. The lowest BCUT2D eigenvalue weighted by Gasteiger charge is -2.47. The van der Waals surface area contributed by atoms with Crippen molar-refractivity contribution in [3.8, 4) is 0 Å². The molecule has 3 aliphatic carbocycles. The number of aliphatic hydroxyl groups is 3. The Morgan fingerprint density at radius 2 is 1.85 bits per heavy atom. The number of hydrogen-bond donors (Lipinski definition) is 3. The molecular formula is C28H43F3O3. The molecule has 0 amide bonds. The summed E-state index contributed by atoms with van der Waals surface area (Å²) in [6.45, 7) is 10.1. The van der Waals surface area contributed by atoms with Crippen LogP contribution in [0.4, 0.5) is 13.2 Å². The van der Waals surface area contributed by atoms with Gasteiger partial charge < -0.3 is 15.3 Å². The van der Waals surface area contributed by atoms with E-state index >= 15 is 0 Å². The number of aliphatic hydroxyl groups excluding tert-OH is 2. The van der Waals surface area contributed by atoms with Gasteiger partial charge >= 0.3 is 0 Å². The van der Waals surface area contributed by atoms with Crippen molar-refractivity contribution in [1.29, 1.82) is 0 Å². The molecular weight excluding hydrogens is 441 g/mol. The molecule has 0 unspecified atom stereocenters. The summed E-state index contributed by atoms with van der Waals surface area (Å²) in [5, 5.41) is 30.0. The van der Waals surface area contributed by atoms with Crippen LogP contribution < -0.4 is 0 Å². The number of fused-ring (bicyclic) bond motifs is 1. The molecule has 3 nitrogen and oxygen atoms in total. The van der Waals surface area contributed by atoms with Crippen molar-refractivity contribution in [3.63, 3.8) is 0 Å². The minimum absolute atomic E-state index is 0.0459. The minimum Gasteiger partial charge on any atom is -0.393 e. The highest BCUT2D eigenvalue weighted by Gasteiger charge is 2.53. The minimum atomic E-state index is -3.15. The maximum Gasteiger partial charge on any atom is 0.275 e. The van der Waals surface area contributed by atoms with Crippen LogP contribution in [-0.4, -0.2) is 45.7 Å². The lowest BCUT2D eigenvalue weighted by atomic mass is 9.58. The summed E-state index contributed by atoms with van der Waals surface area (Å²) in [4.78, 5) is 0. The van der Waals surface area contributed by atoms with E-state index in [1.54, 1.807) is 0 Å². The zero-order valence-electron chi connectivity index (χ0n) is 21.2. The predicted octanol–water partition coefficient (Wildman–Crippen LogP) is 6.15. The Hall–Kier alpha value is -1.11. The molecule has 0 aromatic carbocycles. The van der Waals surface area contributed by atoms with E-state index in [0.29, 0.717) is 31.3 Å². The summed E-state index contributed by atoms with van der Waals surface area (Å²) < 4.78 is 42.7. The Labute approximate surface area is 202 Å². The first-order valence-electron chi connectivity index (χ1n) is 12.8. The van der Waals surface area contributed by atoms with Gasteiger partial charge in [0.15, 0.2) is 0 Å². The third kappa shape index (κ3) is 5.49. The Morgan fingerprint density at radius 1 is 1.18 bits per heavy atom. The Kier molecular flexibility index (Phi) is 8.16. The number of rotatable bonds is 7. The van der Waals surface area contributed by atoms with Crippen molar-refractivity contribution in [1.82, 2.24) is 0 Å². The molecule has 0 aromatic heterocycles. The molecule has 3 N–H and O–H groups in total. The molecule has 194 valence electrons. The highest BCUT2D eigenvalue weighted by molar-refractivity contribution is 5.38. The number of halogens is 3. The maximum absolute atomic E-state index is 14.4. The first kappa shape index (κ1) is 27.5. The quantitative estimate of drug-likeness (QED) is 0.406. The molecule has 3 rings (SSSR count). The molecule has 0 heterocycles. The van der Waals surface area contributed by atoms with Crippen LogP contribution in [0.15, 0.2) is 35.5 Å². The van der Waals surface area contributed by atoms with E-state index in [1.807, 2.05) is 19.1 Å². The highest BCUT2D eigenvalue weighted by Crippen LogP contribution is 2.61. The second-order valence-corrected chi connectivity index (χ2v) is 12.0. The van der Waals surface area contributed by atoms with E-state index in [1.165, 1.54) is 5.57 Å². The van der Waals surface area contributed by atoms with E-state index in [-0.39, 0.29) is 35.5 Å². The van der Waals surface area contributed by atoms with Gasteiger partial charge in [-0.15, -0.1) is 0 Å². The second kappa shape index (κ2) is 10.1. The van der Waals surface area contributed by atoms with Gasteiger partial charge in [-0.25, -0.2) is 8.78 Å². The van der Waals surface area contributed by atoms with Crippen molar-refractivity contribution in [2.75, 3.05) is 6.67 Å². The lowest BCUT2D eigenvalue weighted by Crippen LogP contribution is -2.43. The first-order valence-corrected chi connectivity index (χ1v) is 12.8. The number of alkyl halides is 3. The molecule has 0 spiro atoms. The summed E-state index contributed by atoms with van der Waals surface area (Å²) in [5.41, 5.74) is 0.439. The first-order chi connectivity index (χ1) is 15.7. The Bertz CT molecular complexity index is 812. The van der Waals surface area contributed by atoms with Crippen LogP contribution in [0.1, 0.15) is 79.1 Å². The molecule has 0 saturated heterocycles. The van der Waals surface area contributed by atoms with Crippen LogP contribution in [0, 0.1) is 29.1 Å². The second-order valence-electron chi connectivity index (χ2n) is 12.0. The smallest absolute Gasteiger partial charge is 0.275 e. The van der Waals surface area contributed by atoms with Gasteiger partial charge in [-0.1, -0.05) is 38.2 Å². The van der Waals surface area contributed by atoms with Crippen LogP contribution in [0.25, 0.3) is 0 Å². The van der Waals surface area contributed by atoms with Crippen LogP contribution >= 0.6 is 0 Å². The largest absolute Gasteiger partial charge is 0.393 e. The molecule has 34 heavy (non-hydrogen) atoms. The van der Waals surface area contributed by atoms with E-state index in [4.69, 9.17) is 0 Å². The lowest BCUT2D eigenvalue weighted by molar-refractivity contribution is -0.168. The van der Waals surface area contributed by atoms with Gasteiger partial charge in [0, 0.05) is 12.8 Å². The topological polar surface area (TPSA) is 60.7 Å². The molecule has 7 atom stereocenters. The van der Waals surface area contributed by atoms with E-state index in [9.17, 15) is 28.5 Å². The average molecular weight is 485 g/mol. The van der Waals surface area contributed by atoms with Crippen LogP contribution in [-0.2, 0) is 0 Å². The molecule has 3 fully saturated rings. The van der Waals surface area contributed by atoms with Gasteiger partial charge in [0.1, 0.15) is 5.60 Å². The third-order valence-corrected chi connectivity index (χ3v) is 9.09. The predicted molar refractivity (Wildman–Crippen MR) is 129 cm³/mol. The fourth-order valence-corrected chi connectivity index (χ4v) is 6.95. The fraction of sp³-hybridized carbons (Fsp3) is 0.786. The number of allylic oxidation sites excluding steroid dienone is 3. The van der Waals surface area contributed by atoms with Crippen LogP contribution in [0.3, 0.4) is 0 Å². The van der Waals surface area contributed by atoms with Crippen LogP contribution in [0.2, 0.25) is 0 Å². The van der Waals surface area contributed by atoms with Gasteiger partial charge in [-0.3, -0.25) is 4.39 Å². The molecule has 0 bridgehead atoms. The average Bonchev–Trinajstić information content (AvgIpc) is 3.09. The summed E-state index contributed by atoms with van der Waals surface area (Å²) in [5.74, 6) is -2.72. The molecule has 0 aromatic rings. The van der Waals surface area contributed by atoms with E-state index in [2.05, 4.69) is 13.5 Å². The van der Waals surface area contributed by atoms with E-state index in [0.717, 1.165) is 38.7 Å². The van der Waals surface area contributed by atoms with Gasteiger partial charge in [0.2, 0.25) is 0 Å². The van der Waals surface area contributed by atoms with Gasteiger partial charge in [-0.05, 0) is 92.6 Å². The molecule has 3 aliphatic rings. The van der Waals surface area contributed by atoms with Gasteiger partial charge in [-0.2, -0.15) is 0 Å². The summed E-state index contributed by atoms with van der Waals surface area (Å²) >= 11 is 0. The fourth-order valence-electron chi connectivity index (χ4n) is 6.95. The monoisotopic (exact) mass is 484 g/mol. The number of hydrogen-bond acceptors (Lipinski definition) is 3. The van der Waals surface area contributed by atoms with Crippen molar-refractivity contribution in [2.45, 2.75) is 103 Å². The van der Waals surface area contributed by atoms with Crippen LogP contribution in [0.5, 0.6) is 0 Å². The third-order valence-electron chi connectivity index (χ3n) is 9.09. The Morgan fingerprint density at radius 3 is 2.47 bits per heavy atom. The van der Waals surface area contributed by atoms with Crippen molar-refractivity contribution < 1.29 is 28.5 Å². The normalized spacial score (nSPS) is 38.4. The maximum atomic E-state index is 14.4. The standard InChI is InChI=1S/C28H43F3O3/c1-17(10-11-28(30,31)26(3,4)34)23-8-9-24-21(12-19(16-29)15-27(23,24)5)7-6-20-13-22(32)14-25(33)18(20)2/h6-7,17,19,22-25,32-34H,2,8-16H2,1,3-5H3/b20-6-,21-7+/t17-,19+,22-,23-,24+,25+,27-/m1/s1. The molecule has 0 aliphatic heterocycles. The molecule has 3 saturated carbocycles. The van der Waals surface area contributed by atoms with Crippen molar-refractivity contribution >= 4 is 0 Å². The summed E-state index contributed by atoms with van der Waals surface area (Å²) in [6, 6.07) is 0. The summed E-state index contributed by atoms with van der Waals surface area (Å²) in [6.07, 6.45) is 6.65. The van der Waals surface area contributed by atoms with E-state index < -0.39 is 30.4 Å². The van der Waals surface area contributed by atoms with Crippen molar-refractivity contribution in [3.05, 3.63) is 35.5 Å². The summed E-state index contributed by atoms with van der Waals surface area (Å²) in [7, 11) is 0. The SMILES string of the molecule is C=C1/C(=C\C=C2/C[C@H](CF)C[C@]3(C)[C@@H]([C@H](C)CCC(F)(F)C(C)(C)O)CC[C@@H]23)C[C@@H](O)C[C@@H]1O. The highest BCUT2D eigenvalue weighted by atomic mass is 19.3. The van der Waals surface area contributed by atoms with Gasteiger partial charge in [0.05, 0.1) is 18.9 Å². The molecule has 6 heteroatoms. The zero-order chi connectivity index (χ0) is 25.5. The Balaban J connectivity index is 1.81. The van der Waals surface area contributed by atoms with Crippen molar-refractivity contribution in [2.24, 2.45) is 29.1 Å². The van der Waals surface area contributed by atoms with Gasteiger partial charge in [0.25, 0.3) is 5.92 Å². The molecule has 0 radical (unpaired) electrons.